The van der Waals surface area contributed by atoms with E-state index in [-0.39, 0.29) is 5.91 Å². The van der Waals surface area contributed by atoms with Crippen LogP contribution < -0.4 is 5.32 Å². The maximum Gasteiger partial charge on any atom is 0.225 e. The predicted octanol–water partition coefficient (Wildman–Crippen LogP) is 5.08. The summed E-state index contributed by atoms with van der Waals surface area (Å²) in [7, 11) is 0. The van der Waals surface area contributed by atoms with E-state index in [9.17, 15) is 4.79 Å². The number of hydrogen-bond donors (Lipinski definition) is 1. The lowest BCUT2D eigenvalue weighted by molar-refractivity contribution is -0.116. The molecular formula is C20H17BrN2O. The Kier molecular flexibility index (Phi) is 5.39. The van der Waals surface area contributed by atoms with Crippen LogP contribution in [0.2, 0.25) is 0 Å². The van der Waals surface area contributed by atoms with Crippen molar-refractivity contribution in [3.8, 4) is 11.1 Å². The molecule has 3 nitrogen and oxygen atoms in total. The number of amides is 1. The van der Waals surface area contributed by atoms with E-state index in [1.165, 1.54) is 0 Å². The first kappa shape index (κ1) is 16.4. The Morgan fingerprint density at radius 1 is 0.917 bits per heavy atom. The Hall–Kier alpha value is -2.46. The second-order valence-electron chi connectivity index (χ2n) is 5.47. The predicted molar refractivity (Wildman–Crippen MR) is 101 cm³/mol. The number of benzene rings is 2. The molecule has 3 aromatic rings. The molecule has 0 saturated heterocycles. The Morgan fingerprint density at radius 2 is 1.67 bits per heavy atom. The van der Waals surface area contributed by atoms with Crippen molar-refractivity contribution in [3.05, 3.63) is 83.0 Å². The van der Waals surface area contributed by atoms with Gasteiger partial charge >= 0.3 is 0 Å². The smallest absolute Gasteiger partial charge is 0.225 e. The molecule has 1 N–H and O–H groups in total. The number of halogens is 1. The van der Waals surface area contributed by atoms with E-state index in [4.69, 9.17) is 0 Å². The van der Waals surface area contributed by atoms with Crippen molar-refractivity contribution >= 4 is 27.7 Å². The minimum atomic E-state index is -0.0297. The fourth-order valence-electron chi connectivity index (χ4n) is 2.38. The van der Waals surface area contributed by atoms with Crippen LogP contribution in [0, 0.1) is 0 Å². The maximum absolute atomic E-state index is 12.0. The number of rotatable bonds is 5. The third kappa shape index (κ3) is 4.52. The van der Waals surface area contributed by atoms with Crippen LogP contribution in [0.15, 0.2) is 77.4 Å². The molecule has 24 heavy (non-hydrogen) atoms. The van der Waals surface area contributed by atoms with Gasteiger partial charge in [0.2, 0.25) is 5.91 Å². The van der Waals surface area contributed by atoms with E-state index in [0.29, 0.717) is 18.7 Å². The highest BCUT2D eigenvalue weighted by Gasteiger charge is 2.05. The number of nitrogens with one attached hydrogen (secondary N) is 1. The lowest BCUT2D eigenvalue weighted by atomic mass is 10.1. The molecule has 0 atom stereocenters. The average Bonchev–Trinajstić information content (AvgIpc) is 2.63. The maximum atomic E-state index is 12.0. The van der Waals surface area contributed by atoms with Gasteiger partial charge in [0, 0.05) is 22.7 Å². The lowest BCUT2D eigenvalue weighted by Gasteiger charge is -2.06. The summed E-state index contributed by atoms with van der Waals surface area (Å²) in [5, 5.41) is 2.84. The highest BCUT2D eigenvalue weighted by molar-refractivity contribution is 9.10. The van der Waals surface area contributed by atoms with Crippen molar-refractivity contribution in [2.24, 2.45) is 0 Å². The molecule has 0 unspecified atom stereocenters. The molecule has 1 amide bonds. The van der Waals surface area contributed by atoms with Crippen LogP contribution in [0.5, 0.6) is 0 Å². The summed E-state index contributed by atoms with van der Waals surface area (Å²) >= 11 is 3.40. The second kappa shape index (κ2) is 7.88. The number of carbonyl (C=O) groups excluding carboxylic acids is 1. The van der Waals surface area contributed by atoms with E-state index in [1.807, 2.05) is 66.7 Å². The summed E-state index contributed by atoms with van der Waals surface area (Å²) in [5.41, 5.74) is 3.28. The molecule has 2 aromatic carbocycles. The molecule has 0 fully saturated rings. The van der Waals surface area contributed by atoms with Crippen LogP contribution in [0.1, 0.15) is 12.0 Å². The molecule has 1 aromatic heterocycles. The summed E-state index contributed by atoms with van der Waals surface area (Å²) < 4.78 is 1.04. The number of carbonyl (C=O) groups is 1. The monoisotopic (exact) mass is 380 g/mol. The van der Waals surface area contributed by atoms with Crippen molar-refractivity contribution in [1.82, 2.24) is 4.98 Å². The third-order valence-electron chi connectivity index (χ3n) is 3.69. The number of hydrogen-bond acceptors (Lipinski definition) is 2. The van der Waals surface area contributed by atoms with Gasteiger partial charge < -0.3 is 5.32 Å². The van der Waals surface area contributed by atoms with E-state index in [2.05, 4.69) is 26.2 Å². The SMILES string of the molecule is O=C(CCc1ccc(Br)cc1)Nc1ccc(-c2ccccc2)cn1. The zero-order valence-electron chi connectivity index (χ0n) is 13.1. The molecule has 0 radical (unpaired) electrons. The highest BCUT2D eigenvalue weighted by atomic mass is 79.9. The number of pyridine rings is 1. The molecule has 0 bridgehead atoms. The molecular weight excluding hydrogens is 364 g/mol. The summed E-state index contributed by atoms with van der Waals surface area (Å²) in [5.74, 6) is 0.549. The Labute approximate surface area is 149 Å². The quantitative estimate of drug-likeness (QED) is 0.670. The molecule has 1 heterocycles. The molecule has 0 aliphatic heterocycles. The van der Waals surface area contributed by atoms with Gasteiger partial charge in [0.25, 0.3) is 0 Å². The molecule has 120 valence electrons. The zero-order valence-corrected chi connectivity index (χ0v) is 14.7. The molecule has 0 spiro atoms. The van der Waals surface area contributed by atoms with Crippen LogP contribution in [0.3, 0.4) is 0 Å². The van der Waals surface area contributed by atoms with Gasteiger partial charge in [-0.3, -0.25) is 4.79 Å². The topological polar surface area (TPSA) is 42.0 Å². The normalized spacial score (nSPS) is 10.4. The van der Waals surface area contributed by atoms with E-state index in [0.717, 1.165) is 21.2 Å². The van der Waals surface area contributed by atoms with E-state index >= 15 is 0 Å². The van der Waals surface area contributed by atoms with Crippen LogP contribution in [0.25, 0.3) is 11.1 Å². The first-order valence-electron chi connectivity index (χ1n) is 7.76. The minimum absolute atomic E-state index is 0.0297. The molecule has 0 aliphatic carbocycles. The van der Waals surface area contributed by atoms with Gasteiger partial charge in [0.05, 0.1) is 0 Å². The number of nitrogens with zero attached hydrogens (tertiary/aromatic N) is 1. The van der Waals surface area contributed by atoms with Gasteiger partial charge in [-0.15, -0.1) is 0 Å². The largest absolute Gasteiger partial charge is 0.311 e. The van der Waals surface area contributed by atoms with Crippen molar-refractivity contribution in [2.75, 3.05) is 5.32 Å². The summed E-state index contributed by atoms with van der Waals surface area (Å²) in [4.78, 5) is 16.4. The molecule has 0 aliphatic rings. The Balaban J connectivity index is 1.55. The van der Waals surface area contributed by atoms with E-state index in [1.54, 1.807) is 6.20 Å². The number of aryl methyl sites for hydroxylation is 1. The van der Waals surface area contributed by atoms with Crippen LogP contribution in [-0.2, 0) is 11.2 Å². The Morgan fingerprint density at radius 3 is 2.33 bits per heavy atom. The first-order chi connectivity index (χ1) is 11.7. The highest BCUT2D eigenvalue weighted by Crippen LogP contribution is 2.19. The first-order valence-corrected chi connectivity index (χ1v) is 8.56. The zero-order chi connectivity index (χ0) is 16.8. The summed E-state index contributed by atoms with van der Waals surface area (Å²) in [6.45, 7) is 0. The molecule has 4 heteroatoms. The number of anilines is 1. The minimum Gasteiger partial charge on any atom is -0.311 e. The number of aromatic nitrogens is 1. The van der Waals surface area contributed by atoms with Gasteiger partial charge in [-0.05, 0) is 41.8 Å². The van der Waals surface area contributed by atoms with Crippen LogP contribution in [-0.4, -0.2) is 10.9 Å². The molecule has 3 rings (SSSR count). The van der Waals surface area contributed by atoms with Crippen molar-refractivity contribution in [1.29, 1.82) is 0 Å². The van der Waals surface area contributed by atoms with Crippen molar-refractivity contribution in [2.45, 2.75) is 12.8 Å². The van der Waals surface area contributed by atoms with Crippen LogP contribution >= 0.6 is 15.9 Å². The van der Waals surface area contributed by atoms with Gasteiger partial charge in [-0.1, -0.05) is 58.4 Å². The summed E-state index contributed by atoms with van der Waals surface area (Å²) in [6.07, 6.45) is 2.92. The Bertz CT molecular complexity index is 799. The van der Waals surface area contributed by atoms with Gasteiger partial charge in [-0.25, -0.2) is 4.98 Å². The summed E-state index contributed by atoms with van der Waals surface area (Å²) in [6, 6.07) is 21.8. The standard InChI is InChI=1S/C20H17BrN2O/c21-18-10-6-15(7-11-18)8-13-20(24)23-19-12-9-17(14-22-19)16-4-2-1-3-5-16/h1-7,9-12,14H,8,13H2,(H,22,23,24). The fraction of sp³-hybridized carbons (Fsp3) is 0.100. The van der Waals surface area contributed by atoms with Gasteiger partial charge in [0.1, 0.15) is 5.82 Å². The van der Waals surface area contributed by atoms with E-state index < -0.39 is 0 Å². The second-order valence-corrected chi connectivity index (χ2v) is 6.39. The lowest BCUT2D eigenvalue weighted by Crippen LogP contribution is -2.13. The third-order valence-corrected chi connectivity index (χ3v) is 4.22. The van der Waals surface area contributed by atoms with Crippen LogP contribution in [0.4, 0.5) is 5.82 Å². The van der Waals surface area contributed by atoms with Gasteiger partial charge in [0.15, 0.2) is 0 Å². The van der Waals surface area contributed by atoms with Crippen molar-refractivity contribution < 1.29 is 4.79 Å². The average molecular weight is 381 g/mol. The fourth-order valence-corrected chi connectivity index (χ4v) is 2.65. The van der Waals surface area contributed by atoms with Gasteiger partial charge in [-0.2, -0.15) is 0 Å². The molecule has 0 saturated carbocycles. The van der Waals surface area contributed by atoms with Crippen molar-refractivity contribution in [3.63, 3.8) is 0 Å².